The van der Waals surface area contributed by atoms with Crippen LogP contribution in [0.3, 0.4) is 0 Å². The maximum absolute atomic E-state index is 12.0. The zero-order chi connectivity index (χ0) is 14.9. The molecule has 4 nitrogen and oxygen atoms in total. The lowest BCUT2D eigenvalue weighted by molar-refractivity contribution is -0.132. The topological polar surface area (TPSA) is 55.6 Å². The molecule has 116 valence electrons. The van der Waals surface area contributed by atoms with E-state index in [0.29, 0.717) is 19.6 Å². The fourth-order valence-electron chi connectivity index (χ4n) is 2.55. The lowest BCUT2D eigenvalue weighted by Crippen LogP contribution is -2.42. The van der Waals surface area contributed by atoms with E-state index in [1.54, 1.807) is 0 Å². The number of hydrogen-bond donors (Lipinski definition) is 1. The minimum absolute atomic E-state index is 0.268. The van der Waals surface area contributed by atoms with Crippen molar-refractivity contribution < 1.29 is 9.53 Å². The van der Waals surface area contributed by atoms with Gasteiger partial charge in [0.1, 0.15) is 0 Å². The first-order valence-electron chi connectivity index (χ1n) is 7.91. The maximum atomic E-state index is 12.0. The van der Waals surface area contributed by atoms with Crippen LogP contribution in [0.1, 0.15) is 37.7 Å². The highest BCUT2D eigenvalue weighted by Gasteiger charge is 2.19. The van der Waals surface area contributed by atoms with Gasteiger partial charge in [-0.2, -0.15) is 0 Å². The summed E-state index contributed by atoms with van der Waals surface area (Å²) in [5, 5.41) is 0. The van der Waals surface area contributed by atoms with Gasteiger partial charge in [-0.15, -0.1) is 0 Å². The summed E-state index contributed by atoms with van der Waals surface area (Å²) in [4.78, 5) is 14.0. The van der Waals surface area contributed by atoms with Gasteiger partial charge in [-0.25, -0.2) is 0 Å². The fourth-order valence-corrected chi connectivity index (χ4v) is 2.55. The third-order valence-corrected chi connectivity index (χ3v) is 3.93. The van der Waals surface area contributed by atoms with Crippen molar-refractivity contribution in [1.82, 2.24) is 4.90 Å². The lowest BCUT2D eigenvalue weighted by atomic mass is 10.1. The predicted octanol–water partition coefficient (Wildman–Crippen LogP) is 2.32. The van der Waals surface area contributed by atoms with Crippen LogP contribution in [0.15, 0.2) is 30.3 Å². The zero-order valence-corrected chi connectivity index (χ0v) is 12.7. The van der Waals surface area contributed by atoms with Gasteiger partial charge in [0, 0.05) is 32.2 Å². The molecule has 1 heterocycles. The standard InChI is InChI=1S/C17H26N2O2/c18-16-9-11-19(12-10-16)17(20)8-4-5-13-21-14-15-6-2-1-3-7-15/h1-3,6-7,16H,4-5,8-14,18H2. The molecule has 0 spiro atoms. The molecule has 1 amide bonds. The Morgan fingerprint density at radius 3 is 2.62 bits per heavy atom. The minimum atomic E-state index is 0.268. The van der Waals surface area contributed by atoms with Crippen molar-refractivity contribution in [2.24, 2.45) is 5.73 Å². The average Bonchev–Trinajstić information content (AvgIpc) is 2.52. The highest BCUT2D eigenvalue weighted by Crippen LogP contribution is 2.11. The number of nitrogens with two attached hydrogens (primary N) is 1. The lowest BCUT2D eigenvalue weighted by Gasteiger charge is -2.30. The maximum Gasteiger partial charge on any atom is 0.222 e. The van der Waals surface area contributed by atoms with Crippen molar-refractivity contribution in [3.05, 3.63) is 35.9 Å². The summed E-state index contributed by atoms with van der Waals surface area (Å²) in [6, 6.07) is 10.4. The smallest absolute Gasteiger partial charge is 0.222 e. The summed E-state index contributed by atoms with van der Waals surface area (Å²) in [5.74, 6) is 0.268. The monoisotopic (exact) mass is 290 g/mol. The summed E-state index contributed by atoms with van der Waals surface area (Å²) in [6.07, 6.45) is 4.34. The summed E-state index contributed by atoms with van der Waals surface area (Å²) >= 11 is 0. The number of hydrogen-bond acceptors (Lipinski definition) is 3. The Morgan fingerprint density at radius 2 is 1.90 bits per heavy atom. The van der Waals surface area contributed by atoms with E-state index >= 15 is 0 Å². The van der Waals surface area contributed by atoms with E-state index in [1.165, 1.54) is 5.56 Å². The van der Waals surface area contributed by atoms with Crippen LogP contribution in [0.25, 0.3) is 0 Å². The van der Waals surface area contributed by atoms with Crippen molar-refractivity contribution in [2.45, 2.75) is 44.8 Å². The Bertz CT molecular complexity index is 414. The van der Waals surface area contributed by atoms with E-state index in [-0.39, 0.29) is 11.9 Å². The number of nitrogens with zero attached hydrogens (tertiary/aromatic N) is 1. The van der Waals surface area contributed by atoms with Gasteiger partial charge in [0.15, 0.2) is 0 Å². The van der Waals surface area contributed by atoms with Crippen LogP contribution in [0.2, 0.25) is 0 Å². The van der Waals surface area contributed by atoms with E-state index < -0.39 is 0 Å². The van der Waals surface area contributed by atoms with E-state index in [0.717, 1.165) is 38.8 Å². The van der Waals surface area contributed by atoms with Gasteiger partial charge >= 0.3 is 0 Å². The molecule has 1 aliphatic heterocycles. The Balaban J connectivity index is 1.50. The zero-order valence-electron chi connectivity index (χ0n) is 12.7. The molecule has 0 atom stereocenters. The van der Waals surface area contributed by atoms with Crippen molar-refractivity contribution >= 4 is 5.91 Å². The van der Waals surface area contributed by atoms with Gasteiger partial charge in [-0.1, -0.05) is 30.3 Å². The van der Waals surface area contributed by atoms with Gasteiger partial charge in [-0.3, -0.25) is 4.79 Å². The third-order valence-electron chi connectivity index (χ3n) is 3.93. The first-order chi connectivity index (χ1) is 10.3. The Labute approximate surface area is 127 Å². The summed E-state index contributed by atoms with van der Waals surface area (Å²) in [7, 11) is 0. The van der Waals surface area contributed by atoms with Crippen LogP contribution in [0, 0.1) is 0 Å². The Kier molecular flexibility index (Phi) is 6.70. The molecule has 0 unspecified atom stereocenters. The molecule has 0 bridgehead atoms. The van der Waals surface area contributed by atoms with Crippen LogP contribution < -0.4 is 5.73 Å². The van der Waals surface area contributed by atoms with Crippen LogP contribution in [-0.2, 0) is 16.1 Å². The molecular weight excluding hydrogens is 264 g/mol. The number of benzene rings is 1. The molecule has 1 saturated heterocycles. The largest absolute Gasteiger partial charge is 0.377 e. The van der Waals surface area contributed by atoms with E-state index in [1.807, 2.05) is 23.1 Å². The normalized spacial score (nSPS) is 16.1. The number of likely N-dealkylation sites (tertiary alicyclic amines) is 1. The second kappa shape index (κ2) is 8.80. The second-order valence-electron chi connectivity index (χ2n) is 5.71. The van der Waals surface area contributed by atoms with Gasteiger partial charge < -0.3 is 15.4 Å². The number of carbonyl (C=O) groups excluding carboxylic acids is 1. The number of amides is 1. The number of ether oxygens (including phenoxy) is 1. The van der Waals surface area contributed by atoms with E-state index in [9.17, 15) is 4.79 Å². The van der Waals surface area contributed by atoms with Gasteiger partial charge in [0.05, 0.1) is 6.61 Å². The molecule has 1 aromatic rings. The average molecular weight is 290 g/mol. The molecule has 0 aliphatic carbocycles. The van der Waals surface area contributed by atoms with Crippen molar-refractivity contribution in [3.8, 4) is 0 Å². The van der Waals surface area contributed by atoms with Crippen LogP contribution >= 0.6 is 0 Å². The quantitative estimate of drug-likeness (QED) is 0.784. The highest BCUT2D eigenvalue weighted by molar-refractivity contribution is 5.76. The fraction of sp³-hybridized carbons (Fsp3) is 0.588. The molecule has 0 aromatic heterocycles. The second-order valence-corrected chi connectivity index (χ2v) is 5.71. The van der Waals surface area contributed by atoms with Crippen molar-refractivity contribution in [2.75, 3.05) is 19.7 Å². The molecule has 1 fully saturated rings. The van der Waals surface area contributed by atoms with Crippen LogP contribution in [-0.4, -0.2) is 36.5 Å². The van der Waals surface area contributed by atoms with Gasteiger partial charge in [0.25, 0.3) is 0 Å². The summed E-state index contributed by atoms with van der Waals surface area (Å²) in [6.45, 7) is 3.01. The van der Waals surface area contributed by atoms with Gasteiger partial charge in [-0.05, 0) is 31.2 Å². The molecular formula is C17H26N2O2. The van der Waals surface area contributed by atoms with E-state index in [2.05, 4.69) is 12.1 Å². The first kappa shape index (κ1) is 16.0. The molecule has 4 heteroatoms. The third kappa shape index (κ3) is 5.86. The van der Waals surface area contributed by atoms with Crippen molar-refractivity contribution in [3.63, 3.8) is 0 Å². The van der Waals surface area contributed by atoms with Crippen LogP contribution in [0.4, 0.5) is 0 Å². The summed E-state index contributed by atoms with van der Waals surface area (Å²) in [5.41, 5.74) is 7.04. The molecule has 2 N–H and O–H groups in total. The Hall–Kier alpha value is -1.39. The summed E-state index contributed by atoms with van der Waals surface area (Å²) < 4.78 is 5.62. The number of rotatable bonds is 7. The molecule has 2 rings (SSSR count). The molecule has 0 radical (unpaired) electrons. The number of unbranched alkanes of at least 4 members (excludes halogenated alkanes) is 1. The SMILES string of the molecule is NC1CCN(C(=O)CCCCOCc2ccccc2)CC1. The first-order valence-corrected chi connectivity index (χ1v) is 7.91. The van der Waals surface area contributed by atoms with Crippen LogP contribution in [0.5, 0.6) is 0 Å². The van der Waals surface area contributed by atoms with Gasteiger partial charge in [0.2, 0.25) is 5.91 Å². The predicted molar refractivity (Wildman–Crippen MR) is 83.7 cm³/mol. The Morgan fingerprint density at radius 1 is 1.19 bits per heavy atom. The minimum Gasteiger partial charge on any atom is -0.377 e. The van der Waals surface area contributed by atoms with Crippen molar-refractivity contribution in [1.29, 1.82) is 0 Å². The molecule has 1 aromatic carbocycles. The number of piperidine rings is 1. The highest BCUT2D eigenvalue weighted by atomic mass is 16.5. The number of carbonyl (C=O) groups is 1. The van der Waals surface area contributed by atoms with E-state index in [4.69, 9.17) is 10.5 Å². The molecule has 21 heavy (non-hydrogen) atoms. The molecule has 1 aliphatic rings. The molecule has 0 saturated carbocycles.